The second-order valence-corrected chi connectivity index (χ2v) is 7.60. The molecule has 8 heteroatoms. The fraction of sp³-hybridized carbons (Fsp3) is 0.412. The SMILES string of the molecule is CCC(N)CSc1c(F)cc2c(=O)c(C(=O)O)cn(C3CC3)c2c1Cl. The first kappa shape index (κ1) is 18.2. The second-order valence-electron chi connectivity index (χ2n) is 6.19. The number of carbonyl (C=O) groups is 1. The molecule has 0 spiro atoms. The van der Waals surface area contributed by atoms with E-state index in [2.05, 4.69) is 0 Å². The smallest absolute Gasteiger partial charge is 0.341 e. The summed E-state index contributed by atoms with van der Waals surface area (Å²) < 4.78 is 16.3. The van der Waals surface area contributed by atoms with Crippen molar-refractivity contribution >= 4 is 40.2 Å². The summed E-state index contributed by atoms with van der Waals surface area (Å²) in [6, 6.07) is 1.09. The number of fused-ring (bicyclic) bond motifs is 1. The van der Waals surface area contributed by atoms with Gasteiger partial charge in [0.05, 0.1) is 20.8 Å². The minimum atomic E-state index is -1.33. The van der Waals surface area contributed by atoms with Crippen LogP contribution in [0.3, 0.4) is 0 Å². The predicted octanol–water partition coefficient (Wildman–Crippen LogP) is 3.66. The highest BCUT2D eigenvalue weighted by atomic mass is 35.5. The number of nitrogens with zero attached hydrogens (tertiary/aromatic N) is 1. The summed E-state index contributed by atoms with van der Waals surface area (Å²) in [5.74, 6) is -1.46. The maximum atomic E-state index is 14.6. The van der Waals surface area contributed by atoms with E-state index in [4.69, 9.17) is 17.3 Å². The minimum Gasteiger partial charge on any atom is -0.477 e. The number of aromatic carboxylic acids is 1. The molecule has 134 valence electrons. The number of carboxylic acid groups (broad SMARTS) is 1. The molecule has 1 aromatic heterocycles. The summed E-state index contributed by atoms with van der Waals surface area (Å²) in [7, 11) is 0. The molecule has 1 fully saturated rings. The van der Waals surface area contributed by atoms with Gasteiger partial charge in [0, 0.05) is 24.0 Å². The van der Waals surface area contributed by atoms with Gasteiger partial charge in [-0.1, -0.05) is 18.5 Å². The molecular formula is C17H18ClFN2O3S. The maximum Gasteiger partial charge on any atom is 0.341 e. The van der Waals surface area contributed by atoms with Gasteiger partial charge in [-0.15, -0.1) is 11.8 Å². The minimum absolute atomic E-state index is 0.00144. The van der Waals surface area contributed by atoms with Crippen molar-refractivity contribution in [3.05, 3.63) is 38.9 Å². The lowest BCUT2D eigenvalue weighted by molar-refractivity contribution is 0.0695. The van der Waals surface area contributed by atoms with Gasteiger partial charge in [0.2, 0.25) is 5.43 Å². The van der Waals surface area contributed by atoms with Crippen molar-refractivity contribution in [2.24, 2.45) is 5.73 Å². The molecule has 3 rings (SSSR count). The lowest BCUT2D eigenvalue weighted by atomic mass is 10.1. The molecule has 1 aromatic carbocycles. The fourth-order valence-electron chi connectivity index (χ4n) is 2.66. The van der Waals surface area contributed by atoms with Gasteiger partial charge < -0.3 is 15.4 Å². The van der Waals surface area contributed by atoms with E-state index in [0.717, 1.165) is 25.3 Å². The molecule has 0 radical (unpaired) electrons. The van der Waals surface area contributed by atoms with Gasteiger partial charge in [0.25, 0.3) is 0 Å². The molecule has 3 N–H and O–H groups in total. The molecule has 0 amide bonds. The number of hydrogen-bond donors (Lipinski definition) is 2. The first-order chi connectivity index (χ1) is 11.8. The Hall–Kier alpha value is -1.57. The van der Waals surface area contributed by atoms with Crippen LogP contribution >= 0.6 is 23.4 Å². The highest BCUT2D eigenvalue weighted by molar-refractivity contribution is 7.99. The van der Waals surface area contributed by atoms with Crippen LogP contribution in [0.1, 0.15) is 42.6 Å². The van der Waals surface area contributed by atoms with Gasteiger partial charge in [-0.3, -0.25) is 4.79 Å². The molecule has 1 aliphatic carbocycles. The molecule has 0 bridgehead atoms. The molecule has 2 aromatic rings. The van der Waals surface area contributed by atoms with Crippen molar-refractivity contribution in [3.63, 3.8) is 0 Å². The summed E-state index contributed by atoms with van der Waals surface area (Å²) in [6.07, 6.45) is 3.82. The largest absolute Gasteiger partial charge is 0.477 e. The van der Waals surface area contributed by atoms with Gasteiger partial charge in [0.1, 0.15) is 11.4 Å². The van der Waals surface area contributed by atoms with Crippen LogP contribution in [0.2, 0.25) is 5.02 Å². The summed E-state index contributed by atoms with van der Waals surface area (Å²) in [5, 5.41) is 9.40. The van der Waals surface area contributed by atoms with Crippen LogP contribution in [0, 0.1) is 5.82 Å². The topological polar surface area (TPSA) is 85.3 Å². The Morgan fingerprint density at radius 1 is 1.56 bits per heavy atom. The number of hydrogen-bond acceptors (Lipinski definition) is 4. The lowest BCUT2D eigenvalue weighted by Crippen LogP contribution is -2.21. The van der Waals surface area contributed by atoms with Gasteiger partial charge in [-0.25, -0.2) is 9.18 Å². The third-order valence-corrected chi connectivity index (χ3v) is 6.07. The van der Waals surface area contributed by atoms with Crippen molar-refractivity contribution in [3.8, 4) is 0 Å². The predicted molar refractivity (Wildman–Crippen MR) is 97.4 cm³/mol. The third kappa shape index (κ3) is 3.41. The van der Waals surface area contributed by atoms with Crippen LogP contribution in [-0.2, 0) is 0 Å². The third-order valence-electron chi connectivity index (χ3n) is 4.30. The summed E-state index contributed by atoms with van der Waals surface area (Å²) in [4.78, 5) is 24.0. The Bertz CT molecular complexity index is 911. The fourth-order valence-corrected chi connectivity index (χ4v) is 4.15. The number of benzene rings is 1. The highest BCUT2D eigenvalue weighted by Gasteiger charge is 2.29. The second kappa shape index (κ2) is 6.97. The molecule has 1 saturated carbocycles. The molecule has 25 heavy (non-hydrogen) atoms. The number of rotatable bonds is 6. The van der Waals surface area contributed by atoms with E-state index in [1.54, 1.807) is 4.57 Å². The van der Waals surface area contributed by atoms with Gasteiger partial charge >= 0.3 is 5.97 Å². The molecule has 1 unspecified atom stereocenters. The number of pyridine rings is 1. The Kier molecular flexibility index (Phi) is 5.09. The molecule has 0 aliphatic heterocycles. The Morgan fingerprint density at radius 3 is 2.80 bits per heavy atom. The van der Waals surface area contributed by atoms with E-state index in [1.165, 1.54) is 18.0 Å². The number of thioether (sulfide) groups is 1. The Morgan fingerprint density at radius 2 is 2.24 bits per heavy atom. The van der Waals surface area contributed by atoms with E-state index < -0.39 is 17.2 Å². The van der Waals surface area contributed by atoms with Gasteiger partial charge in [-0.05, 0) is 25.3 Å². The molecule has 1 atom stereocenters. The van der Waals surface area contributed by atoms with Crippen LogP contribution in [0.4, 0.5) is 4.39 Å². The number of carboxylic acids is 1. The van der Waals surface area contributed by atoms with Gasteiger partial charge in [0.15, 0.2) is 0 Å². The first-order valence-electron chi connectivity index (χ1n) is 8.03. The zero-order valence-electron chi connectivity index (χ0n) is 13.6. The summed E-state index contributed by atoms with van der Waals surface area (Å²) >= 11 is 7.66. The average Bonchev–Trinajstić information content (AvgIpc) is 3.39. The van der Waals surface area contributed by atoms with Crippen molar-refractivity contribution in [2.75, 3.05) is 5.75 Å². The quantitative estimate of drug-likeness (QED) is 0.742. The molecule has 0 saturated heterocycles. The standard InChI is InChI=1S/C17H18ClFN2O3S/c1-2-8(20)7-25-16-12(19)5-10-14(13(16)18)21(9-3-4-9)6-11(15(10)22)17(23)24/h5-6,8-9H,2-4,7,20H2,1H3,(H,23,24). The molecule has 1 aliphatic rings. The number of nitrogens with two attached hydrogens (primary N) is 1. The summed E-state index contributed by atoms with van der Waals surface area (Å²) in [5.41, 5.74) is 5.20. The van der Waals surface area contributed by atoms with Crippen LogP contribution in [0.15, 0.2) is 22.0 Å². The average molecular weight is 385 g/mol. The zero-order chi connectivity index (χ0) is 18.3. The van der Waals surface area contributed by atoms with Crippen molar-refractivity contribution in [1.29, 1.82) is 0 Å². The molecular weight excluding hydrogens is 367 g/mol. The van der Waals surface area contributed by atoms with Crippen LogP contribution < -0.4 is 11.2 Å². The Labute approximate surface area is 153 Å². The van der Waals surface area contributed by atoms with Crippen LogP contribution in [0.25, 0.3) is 10.9 Å². The highest BCUT2D eigenvalue weighted by Crippen LogP contribution is 2.42. The zero-order valence-corrected chi connectivity index (χ0v) is 15.2. The van der Waals surface area contributed by atoms with E-state index in [0.29, 0.717) is 11.3 Å². The van der Waals surface area contributed by atoms with Gasteiger partial charge in [-0.2, -0.15) is 0 Å². The number of halogens is 2. The van der Waals surface area contributed by atoms with E-state index in [9.17, 15) is 19.1 Å². The van der Waals surface area contributed by atoms with E-state index >= 15 is 0 Å². The number of aromatic nitrogens is 1. The van der Waals surface area contributed by atoms with E-state index in [-0.39, 0.29) is 33.0 Å². The maximum absolute atomic E-state index is 14.6. The first-order valence-corrected chi connectivity index (χ1v) is 9.40. The van der Waals surface area contributed by atoms with Crippen LogP contribution in [0.5, 0.6) is 0 Å². The summed E-state index contributed by atoms with van der Waals surface area (Å²) in [6.45, 7) is 1.95. The monoisotopic (exact) mass is 384 g/mol. The van der Waals surface area contributed by atoms with Crippen molar-refractivity contribution in [1.82, 2.24) is 4.57 Å². The van der Waals surface area contributed by atoms with Crippen molar-refractivity contribution < 1.29 is 14.3 Å². The Balaban J connectivity index is 2.23. The molecule has 5 nitrogen and oxygen atoms in total. The normalized spacial score (nSPS) is 15.5. The molecule has 1 heterocycles. The lowest BCUT2D eigenvalue weighted by Gasteiger charge is -2.16. The van der Waals surface area contributed by atoms with Crippen molar-refractivity contribution in [2.45, 2.75) is 43.2 Å². The van der Waals surface area contributed by atoms with E-state index in [1.807, 2.05) is 6.92 Å². The van der Waals surface area contributed by atoms with Crippen LogP contribution in [-0.4, -0.2) is 27.4 Å².